The number of nitrogens with zero attached hydrogens (tertiary/aromatic N) is 2. The molecule has 1 aliphatic rings. The molecule has 0 aliphatic carbocycles. The number of benzene rings is 2. The first-order valence-corrected chi connectivity index (χ1v) is 14.8. The number of piperidine rings is 1. The minimum absolute atomic E-state index is 0. The number of imidazole rings is 1. The minimum atomic E-state index is -0.881. The number of para-hydroxylation sites is 1. The van der Waals surface area contributed by atoms with Crippen molar-refractivity contribution in [3.05, 3.63) is 90.7 Å². The lowest BCUT2D eigenvalue weighted by atomic mass is 10.1. The third-order valence-electron chi connectivity index (χ3n) is 6.01. The number of carbonyl (C=O) groups is 2. The maximum atomic E-state index is 13.9. The lowest BCUT2D eigenvalue weighted by Crippen LogP contribution is -2.48. The first-order chi connectivity index (χ1) is 20.4. The number of likely N-dealkylation sites (tertiary alicyclic amines) is 1. The summed E-state index contributed by atoms with van der Waals surface area (Å²) in [7, 11) is 0. The number of H-pyrrole nitrogens is 1. The molecule has 0 spiro atoms. The number of aromatic amines is 1. The van der Waals surface area contributed by atoms with Crippen molar-refractivity contribution in [3.8, 4) is 0 Å². The average molecular weight is 586 g/mol. The molecule has 1 aliphatic heterocycles. The second-order valence-electron chi connectivity index (χ2n) is 9.02. The summed E-state index contributed by atoms with van der Waals surface area (Å²) in [5.41, 5.74) is 2.40. The molecule has 0 radical (unpaired) electrons. The topological polar surface area (TPSA) is 99.3 Å². The Kier molecular flexibility index (Phi) is 17.7. The molecule has 3 N–H and O–H groups in total. The van der Waals surface area contributed by atoms with Crippen molar-refractivity contribution in [3.63, 3.8) is 0 Å². The fraction of sp³-hybridized carbons (Fsp3) is 0.424. The van der Waals surface area contributed by atoms with Crippen molar-refractivity contribution in [2.24, 2.45) is 0 Å². The van der Waals surface area contributed by atoms with Crippen LogP contribution >= 0.6 is 0 Å². The quantitative estimate of drug-likeness (QED) is 0.223. The van der Waals surface area contributed by atoms with Gasteiger partial charge in [0.15, 0.2) is 5.82 Å². The highest BCUT2D eigenvalue weighted by molar-refractivity contribution is 5.86. The molecule has 0 unspecified atom stereocenters. The van der Waals surface area contributed by atoms with Crippen LogP contribution in [0.25, 0.3) is 11.0 Å². The molecule has 4 rings (SSSR count). The molecule has 8 nitrogen and oxygen atoms in total. The van der Waals surface area contributed by atoms with E-state index in [1.54, 1.807) is 18.2 Å². The van der Waals surface area contributed by atoms with E-state index < -0.39 is 23.9 Å². The predicted octanol–water partition coefficient (Wildman–Crippen LogP) is 7.74. The SMILES string of the molecule is C=C(C[C@H](NC(=O)OCc1ccccc1)C(=O)NCc1nc2c(F)cccc2[nH]1)N1CCCCC1.C=CC.CC.CC.[HH].[HH]. The van der Waals surface area contributed by atoms with Crippen LogP contribution in [-0.4, -0.2) is 46.0 Å². The molecule has 2 amide bonds. The molecule has 0 saturated carbocycles. The number of ether oxygens (including phenoxy) is 1. The molecule has 1 atom stereocenters. The number of aromatic nitrogens is 2. The zero-order valence-corrected chi connectivity index (χ0v) is 25.8. The number of fused-ring (bicyclic) bond motifs is 1. The molecule has 9 heteroatoms. The second-order valence-corrected chi connectivity index (χ2v) is 9.02. The lowest BCUT2D eigenvalue weighted by molar-refractivity contribution is -0.123. The number of alkyl carbamates (subject to hydrolysis) is 1. The van der Waals surface area contributed by atoms with Gasteiger partial charge in [0.1, 0.15) is 24.0 Å². The molecule has 0 bridgehead atoms. The summed E-state index contributed by atoms with van der Waals surface area (Å²) in [6, 6.07) is 13.1. The first-order valence-electron chi connectivity index (χ1n) is 14.8. The highest BCUT2D eigenvalue weighted by Gasteiger charge is 2.25. The zero-order chi connectivity index (χ0) is 31.3. The number of allylic oxidation sites excluding steroid dienone is 1. The lowest BCUT2D eigenvalue weighted by Gasteiger charge is -2.32. The Labute approximate surface area is 253 Å². The van der Waals surface area contributed by atoms with Crippen LogP contribution in [0.3, 0.4) is 0 Å². The highest BCUT2D eigenvalue weighted by Crippen LogP contribution is 2.18. The van der Waals surface area contributed by atoms with E-state index in [1.165, 1.54) is 12.5 Å². The van der Waals surface area contributed by atoms with Gasteiger partial charge >= 0.3 is 6.09 Å². The summed E-state index contributed by atoms with van der Waals surface area (Å²) in [6.45, 7) is 19.3. The number of rotatable bonds is 9. The van der Waals surface area contributed by atoms with Gasteiger partial charge in [0.25, 0.3) is 0 Å². The van der Waals surface area contributed by atoms with Crippen molar-refractivity contribution in [2.45, 2.75) is 79.5 Å². The van der Waals surface area contributed by atoms with Crippen molar-refractivity contribution < 1.29 is 21.6 Å². The predicted molar refractivity (Wildman–Crippen MR) is 173 cm³/mol. The van der Waals surface area contributed by atoms with Gasteiger partial charge in [0, 0.05) is 28.1 Å². The molecular formula is C33H52FN5O3. The minimum Gasteiger partial charge on any atom is -0.445 e. The molecular weight excluding hydrogens is 533 g/mol. The van der Waals surface area contributed by atoms with E-state index in [2.05, 4.69) is 38.7 Å². The number of carbonyl (C=O) groups excluding carboxylic acids is 2. The van der Waals surface area contributed by atoms with E-state index in [1.807, 2.05) is 65.0 Å². The Morgan fingerprint density at radius 2 is 1.74 bits per heavy atom. The van der Waals surface area contributed by atoms with Gasteiger partial charge in [-0.2, -0.15) is 0 Å². The third kappa shape index (κ3) is 12.2. The van der Waals surface area contributed by atoms with E-state index in [9.17, 15) is 14.0 Å². The van der Waals surface area contributed by atoms with Crippen molar-refractivity contribution >= 4 is 23.0 Å². The van der Waals surface area contributed by atoms with Gasteiger partial charge in [-0.25, -0.2) is 14.2 Å². The molecule has 234 valence electrons. The maximum Gasteiger partial charge on any atom is 0.408 e. The van der Waals surface area contributed by atoms with Crippen LogP contribution in [-0.2, 0) is 22.7 Å². The van der Waals surface area contributed by atoms with E-state index in [-0.39, 0.29) is 27.9 Å². The normalized spacial score (nSPS) is 12.6. The van der Waals surface area contributed by atoms with Crippen LogP contribution in [0.4, 0.5) is 9.18 Å². The van der Waals surface area contributed by atoms with Crippen molar-refractivity contribution in [1.29, 1.82) is 0 Å². The van der Waals surface area contributed by atoms with Crippen LogP contribution in [0, 0.1) is 5.82 Å². The van der Waals surface area contributed by atoms with Gasteiger partial charge in [-0.05, 0) is 43.9 Å². The zero-order valence-electron chi connectivity index (χ0n) is 25.8. The van der Waals surface area contributed by atoms with E-state index in [0.717, 1.165) is 37.2 Å². The highest BCUT2D eigenvalue weighted by atomic mass is 19.1. The summed E-state index contributed by atoms with van der Waals surface area (Å²) >= 11 is 0. The van der Waals surface area contributed by atoms with Gasteiger partial charge in [0.2, 0.25) is 5.91 Å². The van der Waals surface area contributed by atoms with E-state index >= 15 is 0 Å². The van der Waals surface area contributed by atoms with Gasteiger partial charge in [0.05, 0.1) is 12.1 Å². The van der Waals surface area contributed by atoms with E-state index in [4.69, 9.17) is 4.74 Å². The second kappa shape index (κ2) is 20.7. The van der Waals surface area contributed by atoms with Crippen LogP contribution in [0.2, 0.25) is 0 Å². The average Bonchev–Trinajstić information content (AvgIpc) is 3.46. The summed E-state index contributed by atoms with van der Waals surface area (Å²) in [5.74, 6) is -0.422. The monoisotopic (exact) mass is 585 g/mol. The Bertz CT molecular complexity index is 1230. The van der Waals surface area contributed by atoms with E-state index in [0.29, 0.717) is 11.3 Å². The molecule has 1 saturated heterocycles. The summed E-state index contributed by atoms with van der Waals surface area (Å²) in [4.78, 5) is 34.9. The number of nitrogens with one attached hydrogen (secondary N) is 3. The fourth-order valence-electron chi connectivity index (χ4n) is 4.12. The standard InChI is InChI=1S/C26H30FN5O3.C3H6.2C2H6.2H2/c1-18(32-13-6-3-7-14-32)15-22(30-26(34)35-17-19-9-4-2-5-10-19)25(33)28-16-23-29-21-12-8-11-20(27)24(21)31-23;1-3-2;2*1-2;;/h2,4-5,8-12,22H,1,3,6-7,13-17H2,(H,28,33)(H,29,31)(H,30,34);3H,1H2,2H3;2*1-2H3;2*1H/t22-;;;;;/m0...../s1. The largest absolute Gasteiger partial charge is 0.445 e. The van der Waals surface area contributed by atoms with Crippen LogP contribution in [0.5, 0.6) is 0 Å². The Balaban J connectivity index is 0. The Morgan fingerprint density at radius 3 is 2.36 bits per heavy atom. The number of halogens is 1. The van der Waals surface area contributed by atoms with Gasteiger partial charge in [-0.3, -0.25) is 4.79 Å². The first kappa shape index (κ1) is 35.9. The van der Waals surface area contributed by atoms with Crippen LogP contribution in [0.15, 0.2) is 73.5 Å². The van der Waals surface area contributed by atoms with Crippen LogP contribution < -0.4 is 10.6 Å². The molecule has 2 aromatic carbocycles. The molecule has 42 heavy (non-hydrogen) atoms. The Morgan fingerprint density at radius 1 is 1.10 bits per heavy atom. The van der Waals surface area contributed by atoms with Crippen molar-refractivity contribution in [1.82, 2.24) is 25.5 Å². The fourth-order valence-corrected chi connectivity index (χ4v) is 4.12. The molecule has 1 fully saturated rings. The Hall–Kier alpha value is -4.14. The number of hydrogen-bond donors (Lipinski definition) is 3. The summed E-state index contributed by atoms with van der Waals surface area (Å²) in [6.07, 6.45) is 4.64. The van der Waals surface area contributed by atoms with Gasteiger partial charge in [-0.15, -0.1) is 6.58 Å². The third-order valence-corrected chi connectivity index (χ3v) is 6.01. The number of hydrogen-bond acceptors (Lipinski definition) is 5. The van der Waals surface area contributed by atoms with Gasteiger partial charge < -0.3 is 25.3 Å². The summed E-state index contributed by atoms with van der Waals surface area (Å²) in [5, 5.41) is 5.46. The maximum absolute atomic E-state index is 13.9. The molecule has 1 aromatic heterocycles. The molecule has 3 aromatic rings. The van der Waals surface area contributed by atoms with Gasteiger partial charge in [-0.1, -0.05) is 76.7 Å². The summed E-state index contributed by atoms with van der Waals surface area (Å²) < 4.78 is 19.3. The smallest absolute Gasteiger partial charge is 0.408 e. The van der Waals surface area contributed by atoms with Crippen LogP contribution in [0.1, 0.15) is 74.5 Å². The number of amides is 2. The van der Waals surface area contributed by atoms with Crippen molar-refractivity contribution in [2.75, 3.05) is 13.1 Å². The molecule has 2 heterocycles.